The minimum Gasteiger partial charge on any atom is -0.292 e. The van der Waals surface area contributed by atoms with E-state index in [-0.39, 0.29) is 5.78 Å². The number of ketones is 1. The van der Waals surface area contributed by atoms with Crippen LogP contribution in [0.1, 0.15) is 55.9 Å². The van der Waals surface area contributed by atoms with E-state index in [9.17, 15) is 4.79 Å². The summed E-state index contributed by atoms with van der Waals surface area (Å²) >= 11 is 0. The summed E-state index contributed by atoms with van der Waals surface area (Å²) in [6, 6.07) is 11.6. The zero-order chi connectivity index (χ0) is 14.2. The molecule has 0 N–H and O–H groups in total. The molecule has 2 aromatic rings. The second-order valence-corrected chi connectivity index (χ2v) is 5.05. The summed E-state index contributed by atoms with van der Waals surface area (Å²) in [5.74, 6) is 0.183. The first-order chi connectivity index (χ1) is 9.83. The zero-order valence-corrected chi connectivity index (χ0v) is 12.1. The fraction of sp³-hybridized carbons (Fsp3) is 0.412. The third-order valence-electron chi connectivity index (χ3n) is 3.44. The summed E-state index contributed by atoms with van der Waals surface area (Å²) in [4.78, 5) is 12.3. The summed E-state index contributed by atoms with van der Waals surface area (Å²) in [5.41, 5.74) is 1.62. The van der Waals surface area contributed by atoms with Gasteiger partial charge in [0.2, 0.25) is 0 Å². The van der Waals surface area contributed by atoms with E-state index in [2.05, 4.69) is 12.0 Å². The fourth-order valence-electron chi connectivity index (χ4n) is 2.31. The predicted octanol–water partition coefficient (Wildman–Crippen LogP) is 4.42. The van der Waals surface area contributed by atoms with Gasteiger partial charge in [0.25, 0.3) is 0 Å². The number of para-hydroxylation sites is 1. The summed E-state index contributed by atoms with van der Waals surface area (Å²) in [6.07, 6.45) is 8.13. The Labute approximate surface area is 120 Å². The van der Waals surface area contributed by atoms with Gasteiger partial charge in [0.1, 0.15) is 5.69 Å². The Morgan fingerprint density at radius 2 is 1.80 bits per heavy atom. The van der Waals surface area contributed by atoms with Gasteiger partial charge in [-0.3, -0.25) is 4.79 Å². The second kappa shape index (κ2) is 7.63. The normalized spacial score (nSPS) is 10.7. The highest BCUT2D eigenvalue weighted by Crippen LogP contribution is 2.14. The van der Waals surface area contributed by atoms with Crippen LogP contribution < -0.4 is 0 Å². The molecule has 1 heterocycles. The van der Waals surface area contributed by atoms with Crippen molar-refractivity contribution >= 4 is 5.78 Å². The average molecular weight is 270 g/mol. The van der Waals surface area contributed by atoms with Gasteiger partial charge in [-0.05, 0) is 24.6 Å². The van der Waals surface area contributed by atoms with Crippen molar-refractivity contribution in [1.29, 1.82) is 0 Å². The van der Waals surface area contributed by atoms with E-state index in [0.29, 0.717) is 12.1 Å². The first-order valence-electron chi connectivity index (χ1n) is 7.45. The number of aromatic nitrogens is 2. The molecule has 0 aliphatic heterocycles. The number of hydrogen-bond donors (Lipinski definition) is 0. The minimum absolute atomic E-state index is 0.183. The van der Waals surface area contributed by atoms with Crippen molar-refractivity contribution < 1.29 is 4.79 Å². The molecule has 20 heavy (non-hydrogen) atoms. The molecule has 3 nitrogen and oxygen atoms in total. The van der Waals surface area contributed by atoms with Crippen molar-refractivity contribution in [2.45, 2.75) is 45.4 Å². The van der Waals surface area contributed by atoms with Gasteiger partial charge < -0.3 is 0 Å². The number of carbonyl (C=O) groups is 1. The lowest BCUT2D eigenvalue weighted by molar-refractivity contribution is 0.0971. The van der Waals surface area contributed by atoms with Crippen LogP contribution in [0, 0.1) is 0 Å². The largest absolute Gasteiger partial charge is 0.292 e. The van der Waals surface area contributed by atoms with Gasteiger partial charge in [-0.2, -0.15) is 5.10 Å². The summed E-state index contributed by atoms with van der Waals surface area (Å²) < 4.78 is 1.73. The van der Waals surface area contributed by atoms with Gasteiger partial charge >= 0.3 is 0 Å². The number of unbranched alkanes of at least 4 members (excludes halogenated alkanes) is 4. The van der Waals surface area contributed by atoms with E-state index in [4.69, 9.17) is 0 Å². The van der Waals surface area contributed by atoms with E-state index in [0.717, 1.165) is 18.5 Å². The molecule has 0 fully saturated rings. The minimum atomic E-state index is 0.183. The Hall–Kier alpha value is -1.90. The molecule has 106 valence electrons. The van der Waals surface area contributed by atoms with E-state index < -0.39 is 0 Å². The Bertz CT molecular complexity index is 531. The van der Waals surface area contributed by atoms with Gasteiger partial charge in [0.15, 0.2) is 5.78 Å². The summed E-state index contributed by atoms with van der Waals surface area (Å²) in [7, 11) is 0. The number of hydrogen-bond acceptors (Lipinski definition) is 2. The first kappa shape index (κ1) is 14.5. The molecule has 0 spiro atoms. The van der Waals surface area contributed by atoms with Crippen molar-refractivity contribution in [3.63, 3.8) is 0 Å². The number of rotatable bonds is 8. The third-order valence-corrected chi connectivity index (χ3v) is 3.44. The van der Waals surface area contributed by atoms with E-state index >= 15 is 0 Å². The molecule has 0 aliphatic carbocycles. The smallest absolute Gasteiger partial charge is 0.181 e. The SMILES string of the molecule is CCCCCCCC(=O)c1ccnn1-c1ccccc1. The quantitative estimate of drug-likeness (QED) is 0.526. The molecule has 0 unspecified atom stereocenters. The maximum absolute atomic E-state index is 12.3. The van der Waals surface area contributed by atoms with Crippen molar-refractivity contribution in [2.75, 3.05) is 0 Å². The molecule has 1 aromatic heterocycles. The maximum Gasteiger partial charge on any atom is 0.181 e. The molecule has 0 bridgehead atoms. The zero-order valence-electron chi connectivity index (χ0n) is 12.1. The summed E-state index contributed by atoms with van der Waals surface area (Å²) in [5, 5.41) is 4.26. The lowest BCUT2D eigenvalue weighted by atomic mass is 10.1. The first-order valence-corrected chi connectivity index (χ1v) is 7.45. The molecule has 3 heteroatoms. The van der Waals surface area contributed by atoms with Crippen LogP contribution in [0.5, 0.6) is 0 Å². The van der Waals surface area contributed by atoms with Crippen LogP contribution in [0.2, 0.25) is 0 Å². The average Bonchev–Trinajstić information content (AvgIpc) is 2.97. The summed E-state index contributed by atoms with van der Waals surface area (Å²) in [6.45, 7) is 2.20. The van der Waals surface area contributed by atoms with Crippen LogP contribution in [-0.2, 0) is 0 Å². The Morgan fingerprint density at radius 3 is 2.55 bits per heavy atom. The molecule has 2 rings (SSSR count). The number of carbonyl (C=O) groups excluding carboxylic acids is 1. The number of Topliss-reactive ketones (excluding diaryl/α,β-unsaturated/α-hetero) is 1. The number of benzene rings is 1. The van der Waals surface area contributed by atoms with Crippen LogP contribution in [-0.4, -0.2) is 15.6 Å². The molecule has 0 atom stereocenters. The van der Waals surface area contributed by atoms with Crippen molar-refractivity contribution in [2.24, 2.45) is 0 Å². The molecular formula is C17H22N2O. The fourth-order valence-corrected chi connectivity index (χ4v) is 2.31. The molecule has 0 radical (unpaired) electrons. The third kappa shape index (κ3) is 3.80. The van der Waals surface area contributed by atoms with Crippen molar-refractivity contribution in [3.05, 3.63) is 48.3 Å². The van der Waals surface area contributed by atoms with Crippen LogP contribution in [0.15, 0.2) is 42.6 Å². The van der Waals surface area contributed by atoms with Crippen molar-refractivity contribution in [1.82, 2.24) is 9.78 Å². The van der Waals surface area contributed by atoms with Crippen molar-refractivity contribution in [3.8, 4) is 5.69 Å². The molecular weight excluding hydrogens is 248 g/mol. The lowest BCUT2D eigenvalue weighted by Gasteiger charge is -2.06. The molecule has 1 aromatic carbocycles. The second-order valence-electron chi connectivity index (χ2n) is 5.05. The molecule has 0 saturated heterocycles. The maximum atomic E-state index is 12.3. The van der Waals surface area contributed by atoms with E-state index in [1.54, 1.807) is 16.9 Å². The van der Waals surface area contributed by atoms with E-state index in [1.807, 2.05) is 30.3 Å². The standard InChI is InChI=1S/C17H22N2O/c1-2-3-4-5-9-12-17(20)16-13-14-18-19(16)15-10-7-6-8-11-15/h6-8,10-11,13-14H,2-5,9,12H2,1H3. The highest BCUT2D eigenvalue weighted by Gasteiger charge is 2.12. The Balaban J connectivity index is 1.96. The highest BCUT2D eigenvalue weighted by atomic mass is 16.1. The van der Waals surface area contributed by atoms with Crippen LogP contribution in [0.3, 0.4) is 0 Å². The lowest BCUT2D eigenvalue weighted by Crippen LogP contribution is -2.08. The topological polar surface area (TPSA) is 34.9 Å². The van der Waals surface area contributed by atoms with Gasteiger partial charge in [0.05, 0.1) is 11.9 Å². The number of nitrogens with zero attached hydrogens (tertiary/aromatic N) is 2. The predicted molar refractivity (Wildman–Crippen MR) is 81.3 cm³/mol. The van der Waals surface area contributed by atoms with Gasteiger partial charge in [-0.1, -0.05) is 50.8 Å². The van der Waals surface area contributed by atoms with Crippen LogP contribution in [0.4, 0.5) is 0 Å². The Morgan fingerprint density at radius 1 is 1.05 bits per heavy atom. The van der Waals surface area contributed by atoms with Gasteiger partial charge in [0, 0.05) is 6.42 Å². The highest BCUT2D eigenvalue weighted by molar-refractivity contribution is 5.94. The monoisotopic (exact) mass is 270 g/mol. The van der Waals surface area contributed by atoms with Crippen LogP contribution in [0.25, 0.3) is 5.69 Å². The molecule has 0 aliphatic rings. The van der Waals surface area contributed by atoms with Gasteiger partial charge in [-0.25, -0.2) is 4.68 Å². The van der Waals surface area contributed by atoms with Gasteiger partial charge in [-0.15, -0.1) is 0 Å². The Kier molecular flexibility index (Phi) is 5.54. The van der Waals surface area contributed by atoms with E-state index in [1.165, 1.54) is 19.3 Å². The molecule has 0 saturated carbocycles. The van der Waals surface area contributed by atoms with Crippen LogP contribution >= 0.6 is 0 Å². The molecule has 0 amide bonds.